The molecule has 0 atom stereocenters. The van der Waals surface area contributed by atoms with Crippen LogP contribution in [0.2, 0.25) is 0 Å². The Morgan fingerprint density at radius 2 is 1.62 bits per heavy atom. The lowest BCUT2D eigenvalue weighted by Gasteiger charge is -2.23. The molecule has 0 aliphatic carbocycles. The van der Waals surface area contributed by atoms with E-state index in [1.807, 2.05) is 6.07 Å². The van der Waals surface area contributed by atoms with Crippen molar-refractivity contribution >= 4 is 23.3 Å². The van der Waals surface area contributed by atoms with Crippen LogP contribution in [0.3, 0.4) is 0 Å². The summed E-state index contributed by atoms with van der Waals surface area (Å²) < 4.78 is 15.9. The van der Waals surface area contributed by atoms with Crippen LogP contribution in [-0.2, 0) is 9.59 Å². The number of amides is 1. The first-order valence-electron chi connectivity index (χ1n) is 8.02. The SMILES string of the molecule is COc1cccc(OC)c1OC(=O)C1=NN(c2ccccc2)C(=O)CC1. The fraction of sp³-hybridized carbons (Fsp3) is 0.211. The van der Waals surface area contributed by atoms with Crippen molar-refractivity contribution in [3.8, 4) is 17.2 Å². The van der Waals surface area contributed by atoms with Gasteiger partial charge in [-0.1, -0.05) is 24.3 Å². The van der Waals surface area contributed by atoms with Gasteiger partial charge in [-0.3, -0.25) is 4.79 Å². The first kappa shape index (κ1) is 17.5. The first-order valence-corrected chi connectivity index (χ1v) is 8.02. The lowest BCUT2D eigenvalue weighted by molar-refractivity contribution is -0.127. The molecule has 134 valence electrons. The van der Waals surface area contributed by atoms with Gasteiger partial charge < -0.3 is 14.2 Å². The third kappa shape index (κ3) is 3.51. The molecule has 1 aliphatic rings. The summed E-state index contributed by atoms with van der Waals surface area (Å²) in [5, 5.41) is 5.41. The fourth-order valence-corrected chi connectivity index (χ4v) is 2.54. The lowest BCUT2D eigenvalue weighted by Crippen LogP contribution is -2.35. The molecule has 3 rings (SSSR count). The van der Waals surface area contributed by atoms with Gasteiger partial charge >= 0.3 is 5.97 Å². The molecule has 0 fully saturated rings. The number of ether oxygens (including phenoxy) is 3. The minimum Gasteiger partial charge on any atom is -0.493 e. The molecule has 26 heavy (non-hydrogen) atoms. The smallest absolute Gasteiger partial charge is 0.360 e. The summed E-state index contributed by atoms with van der Waals surface area (Å²) in [6.07, 6.45) is 0.379. The molecule has 0 saturated carbocycles. The summed E-state index contributed by atoms with van der Waals surface area (Å²) in [6.45, 7) is 0. The molecule has 2 aromatic carbocycles. The minimum absolute atomic E-state index is 0.154. The van der Waals surface area contributed by atoms with E-state index >= 15 is 0 Å². The fourth-order valence-electron chi connectivity index (χ4n) is 2.54. The van der Waals surface area contributed by atoms with Crippen molar-refractivity contribution in [1.29, 1.82) is 0 Å². The molecule has 0 N–H and O–H groups in total. The first-order chi connectivity index (χ1) is 12.6. The largest absolute Gasteiger partial charge is 0.493 e. The standard InChI is InChI=1S/C19H18N2O5/c1-24-15-9-6-10-16(25-2)18(15)26-19(23)14-11-12-17(22)21(20-14)13-7-4-3-5-8-13/h3-10H,11-12H2,1-2H3. The number of anilines is 1. The van der Waals surface area contributed by atoms with Crippen LogP contribution >= 0.6 is 0 Å². The van der Waals surface area contributed by atoms with Crippen LogP contribution in [-0.4, -0.2) is 31.8 Å². The molecule has 2 aromatic rings. The molecule has 1 heterocycles. The van der Waals surface area contributed by atoms with Crippen LogP contribution in [0.5, 0.6) is 17.2 Å². The second-order valence-corrected chi connectivity index (χ2v) is 5.47. The van der Waals surface area contributed by atoms with E-state index in [1.54, 1.807) is 42.5 Å². The summed E-state index contributed by atoms with van der Waals surface area (Å²) in [5.74, 6) is 0.0763. The highest BCUT2D eigenvalue weighted by Crippen LogP contribution is 2.37. The van der Waals surface area contributed by atoms with E-state index in [9.17, 15) is 9.59 Å². The van der Waals surface area contributed by atoms with Crippen LogP contribution in [0, 0.1) is 0 Å². The Balaban J connectivity index is 1.87. The Bertz CT molecular complexity index is 826. The van der Waals surface area contributed by atoms with Crippen molar-refractivity contribution < 1.29 is 23.8 Å². The monoisotopic (exact) mass is 354 g/mol. The molecule has 1 amide bonds. The summed E-state index contributed by atoms with van der Waals surface area (Å²) in [4.78, 5) is 24.7. The second kappa shape index (κ2) is 7.69. The zero-order chi connectivity index (χ0) is 18.5. The number of hydrogen-bond donors (Lipinski definition) is 0. The number of methoxy groups -OCH3 is 2. The molecule has 0 unspecified atom stereocenters. The molecule has 7 nitrogen and oxygen atoms in total. The lowest BCUT2D eigenvalue weighted by atomic mass is 10.1. The van der Waals surface area contributed by atoms with Gasteiger partial charge in [-0.05, 0) is 24.3 Å². The molecule has 0 radical (unpaired) electrons. The number of esters is 1. The van der Waals surface area contributed by atoms with Gasteiger partial charge in [-0.15, -0.1) is 0 Å². The zero-order valence-corrected chi connectivity index (χ0v) is 14.5. The van der Waals surface area contributed by atoms with Crippen LogP contribution in [0.15, 0.2) is 53.6 Å². The van der Waals surface area contributed by atoms with Gasteiger partial charge in [0.1, 0.15) is 5.71 Å². The molecular formula is C19H18N2O5. The maximum atomic E-state index is 12.6. The van der Waals surface area contributed by atoms with Crippen molar-refractivity contribution in [2.75, 3.05) is 19.2 Å². The van der Waals surface area contributed by atoms with E-state index in [-0.39, 0.29) is 30.2 Å². The van der Waals surface area contributed by atoms with Gasteiger partial charge in [0.15, 0.2) is 11.5 Å². The van der Waals surface area contributed by atoms with Crippen LogP contribution in [0.1, 0.15) is 12.8 Å². The average Bonchev–Trinajstić information content (AvgIpc) is 2.69. The molecule has 0 aromatic heterocycles. The van der Waals surface area contributed by atoms with Crippen molar-refractivity contribution in [2.24, 2.45) is 5.10 Å². The number of para-hydroxylation sites is 2. The van der Waals surface area contributed by atoms with Crippen molar-refractivity contribution in [1.82, 2.24) is 0 Å². The normalized spacial score (nSPS) is 13.8. The van der Waals surface area contributed by atoms with Crippen molar-refractivity contribution in [2.45, 2.75) is 12.8 Å². The van der Waals surface area contributed by atoms with E-state index in [2.05, 4.69) is 5.10 Å². The van der Waals surface area contributed by atoms with E-state index in [0.717, 1.165) is 0 Å². The number of hydrogen-bond acceptors (Lipinski definition) is 6. The Kier molecular flexibility index (Phi) is 5.17. The second-order valence-electron chi connectivity index (χ2n) is 5.47. The van der Waals surface area contributed by atoms with Crippen LogP contribution < -0.4 is 19.2 Å². The Hall–Kier alpha value is -3.35. The predicted octanol–water partition coefficient (Wildman–Crippen LogP) is 2.79. The summed E-state index contributed by atoms with van der Waals surface area (Å²) in [6, 6.07) is 14.0. The number of nitrogens with zero attached hydrogens (tertiary/aromatic N) is 2. The third-order valence-electron chi connectivity index (χ3n) is 3.85. The summed E-state index contributed by atoms with van der Waals surface area (Å²) in [5.41, 5.74) is 0.749. The van der Waals surface area contributed by atoms with Gasteiger partial charge in [-0.25, -0.2) is 9.80 Å². The van der Waals surface area contributed by atoms with Crippen molar-refractivity contribution in [3.05, 3.63) is 48.5 Å². The van der Waals surface area contributed by atoms with E-state index < -0.39 is 5.97 Å². The van der Waals surface area contributed by atoms with Gasteiger partial charge in [0, 0.05) is 12.8 Å². The zero-order valence-electron chi connectivity index (χ0n) is 14.5. The number of carbonyl (C=O) groups is 2. The Labute approximate surface area is 150 Å². The average molecular weight is 354 g/mol. The molecule has 7 heteroatoms. The minimum atomic E-state index is -0.652. The van der Waals surface area contributed by atoms with E-state index in [0.29, 0.717) is 17.2 Å². The maximum absolute atomic E-state index is 12.6. The van der Waals surface area contributed by atoms with Gasteiger partial charge in [0.25, 0.3) is 0 Å². The van der Waals surface area contributed by atoms with E-state index in [4.69, 9.17) is 14.2 Å². The van der Waals surface area contributed by atoms with Crippen molar-refractivity contribution in [3.63, 3.8) is 0 Å². The molecule has 1 aliphatic heterocycles. The summed E-state index contributed by atoms with van der Waals surface area (Å²) in [7, 11) is 2.94. The molecular weight excluding hydrogens is 336 g/mol. The Morgan fingerprint density at radius 1 is 0.962 bits per heavy atom. The number of hydrazone groups is 1. The highest BCUT2D eigenvalue weighted by Gasteiger charge is 2.28. The van der Waals surface area contributed by atoms with Crippen LogP contribution in [0.4, 0.5) is 5.69 Å². The molecule has 0 bridgehead atoms. The molecule has 0 saturated heterocycles. The molecule has 0 spiro atoms. The summed E-state index contributed by atoms with van der Waals surface area (Å²) >= 11 is 0. The third-order valence-corrected chi connectivity index (χ3v) is 3.85. The van der Waals surface area contributed by atoms with Crippen LogP contribution in [0.25, 0.3) is 0 Å². The number of benzene rings is 2. The van der Waals surface area contributed by atoms with E-state index in [1.165, 1.54) is 19.2 Å². The number of carbonyl (C=O) groups excluding carboxylic acids is 2. The Morgan fingerprint density at radius 3 is 2.23 bits per heavy atom. The van der Waals surface area contributed by atoms with Gasteiger partial charge in [-0.2, -0.15) is 5.10 Å². The van der Waals surface area contributed by atoms with Gasteiger partial charge in [0.2, 0.25) is 11.7 Å². The highest BCUT2D eigenvalue weighted by atomic mass is 16.6. The predicted molar refractivity (Wildman–Crippen MR) is 95.8 cm³/mol. The van der Waals surface area contributed by atoms with Gasteiger partial charge in [0.05, 0.1) is 19.9 Å². The topological polar surface area (TPSA) is 77.4 Å². The number of rotatable bonds is 5. The maximum Gasteiger partial charge on any atom is 0.360 e. The highest BCUT2D eigenvalue weighted by molar-refractivity contribution is 6.38. The quantitative estimate of drug-likeness (QED) is 0.609.